The second-order valence-corrected chi connectivity index (χ2v) is 10.3. The van der Waals surface area contributed by atoms with Crippen LogP contribution in [0.1, 0.15) is 44.4 Å². The average Bonchev–Trinajstić information content (AvgIpc) is 3.39. The van der Waals surface area contributed by atoms with Gasteiger partial charge in [0.05, 0.1) is 28.6 Å². The van der Waals surface area contributed by atoms with Gasteiger partial charge >= 0.3 is 11.9 Å². The Bertz CT molecular complexity index is 1760. The number of ether oxygens (including phenoxy) is 2. The molecular formula is C30H27N3O6S. The molecule has 3 heterocycles. The number of nitrogens with zero attached hydrogens (tertiary/aromatic N) is 3. The fourth-order valence-electron chi connectivity index (χ4n) is 4.99. The van der Waals surface area contributed by atoms with Crippen molar-refractivity contribution in [1.29, 1.82) is 0 Å². The molecule has 0 aliphatic carbocycles. The lowest BCUT2D eigenvalue weighted by molar-refractivity contribution is -0.138. The van der Waals surface area contributed by atoms with E-state index < -0.39 is 23.5 Å². The third kappa shape index (κ3) is 4.60. The minimum Gasteiger partial charge on any atom is -0.458 e. The van der Waals surface area contributed by atoms with Crippen LogP contribution in [0, 0.1) is 0 Å². The number of thiazole rings is 1. The van der Waals surface area contributed by atoms with E-state index in [9.17, 15) is 19.2 Å². The van der Waals surface area contributed by atoms with Crippen LogP contribution in [0.5, 0.6) is 5.75 Å². The zero-order valence-electron chi connectivity index (χ0n) is 22.3. The lowest BCUT2D eigenvalue weighted by Gasteiger charge is -2.24. The van der Waals surface area contributed by atoms with Crippen molar-refractivity contribution in [1.82, 2.24) is 4.57 Å². The number of carbonyl (C=O) groups is 3. The van der Waals surface area contributed by atoms with Crippen LogP contribution in [0.4, 0.5) is 5.69 Å². The summed E-state index contributed by atoms with van der Waals surface area (Å²) in [5.74, 6) is -1.02. The van der Waals surface area contributed by atoms with Gasteiger partial charge in [0.15, 0.2) is 4.80 Å². The number of benzene rings is 2. The Morgan fingerprint density at radius 2 is 1.85 bits per heavy atom. The molecule has 9 nitrogen and oxygen atoms in total. The monoisotopic (exact) mass is 557 g/mol. The van der Waals surface area contributed by atoms with Gasteiger partial charge in [0.2, 0.25) is 0 Å². The van der Waals surface area contributed by atoms with Gasteiger partial charge in [-0.3, -0.25) is 19.0 Å². The predicted octanol–water partition coefficient (Wildman–Crippen LogP) is 3.02. The van der Waals surface area contributed by atoms with Crippen molar-refractivity contribution >= 4 is 40.4 Å². The first-order chi connectivity index (χ1) is 19.3. The van der Waals surface area contributed by atoms with Crippen LogP contribution in [0.3, 0.4) is 0 Å². The van der Waals surface area contributed by atoms with Crippen LogP contribution in [0.15, 0.2) is 82.2 Å². The summed E-state index contributed by atoms with van der Waals surface area (Å²) in [6.07, 6.45) is 2.21. The number of aromatic nitrogens is 1. The molecule has 0 unspecified atom stereocenters. The summed E-state index contributed by atoms with van der Waals surface area (Å²) in [4.78, 5) is 59.1. The van der Waals surface area contributed by atoms with Gasteiger partial charge in [-0.25, -0.2) is 9.79 Å². The molecule has 1 atom stereocenters. The summed E-state index contributed by atoms with van der Waals surface area (Å²) in [5.41, 5.74) is 2.51. The maximum Gasteiger partial charge on any atom is 0.338 e. The minimum absolute atomic E-state index is 0.0131. The van der Waals surface area contributed by atoms with Crippen molar-refractivity contribution < 1.29 is 23.9 Å². The van der Waals surface area contributed by atoms with E-state index in [0.29, 0.717) is 39.5 Å². The first-order valence-electron chi connectivity index (χ1n) is 12.8. The Morgan fingerprint density at radius 3 is 2.52 bits per heavy atom. The van der Waals surface area contributed by atoms with E-state index in [1.165, 1.54) is 17.6 Å². The van der Waals surface area contributed by atoms with Crippen molar-refractivity contribution in [3.8, 4) is 5.75 Å². The van der Waals surface area contributed by atoms with Gasteiger partial charge in [-0.1, -0.05) is 61.2 Å². The largest absolute Gasteiger partial charge is 0.458 e. The number of para-hydroxylation sites is 1. The number of anilines is 1. The number of hydrogen-bond acceptors (Lipinski definition) is 8. The van der Waals surface area contributed by atoms with Crippen LogP contribution < -0.4 is 24.5 Å². The van der Waals surface area contributed by atoms with Crippen molar-refractivity contribution in [2.45, 2.75) is 33.2 Å². The second-order valence-electron chi connectivity index (χ2n) is 9.30. The highest BCUT2D eigenvalue weighted by molar-refractivity contribution is 7.07. The molecule has 5 rings (SSSR count). The lowest BCUT2D eigenvalue weighted by Crippen LogP contribution is -2.41. The normalized spacial score (nSPS) is 17.2. The molecule has 3 aromatic rings. The lowest BCUT2D eigenvalue weighted by atomic mass is 9.96. The maximum atomic E-state index is 14.2. The number of esters is 2. The first-order valence-corrected chi connectivity index (χ1v) is 13.6. The molecule has 0 spiro atoms. The van der Waals surface area contributed by atoms with E-state index in [1.807, 2.05) is 31.2 Å². The van der Waals surface area contributed by atoms with Crippen molar-refractivity contribution in [2.75, 3.05) is 18.1 Å². The van der Waals surface area contributed by atoms with Crippen LogP contribution in [-0.2, 0) is 19.1 Å². The van der Waals surface area contributed by atoms with Crippen molar-refractivity contribution in [2.24, 2.45) is 4.99 Å². The highest BCUT2D eigenvalue weighted by atomic mass is 32.1. The van der Waals surface area contributed by atoms with Gasteiger partial charge in [-0.15, -0.1) is 0 Å². The number of amides is 1. The molecule has 0 N–H and O–H groups in total. The Kier molecular flexibility index (Phi) is 7.36. The van der Waals surface area contributed by atoms with Gasteiger partial charge in [0, 0.05) is 19.0 Å². The molecule has 0 saturated heterocycles. The Balaban J connectivity index is 1.75. The number of rotatable bonds is 7. The summed E-state index contributed by atoms with van der Waals surface area (Å²) in [6.45, 7) is 9.08. The van der Waals surface area contributed by atoms with Crippen molar-refractivity contribution in [3.05, 3.63) is 103 Å². The molecule has 0 radical (unpaired) electrons. The predicted molar refractivity (Wildman–Crippen MR) is 151 cm³/mol. The standard InChI is InChI=1S/C30H27N3O6S/c1-5-15-32-22-10-8-7-9-21(22)24(27(32)35)26-28(36)33-25(19-11-13-20(14-12-19)39-18(4)34)23(29(37)38-16-6-2)17(3)31-30(33)40-26/h6-14,25H,2,5,15-16H2,1,3-4H3/b26-24-/t25-/m0/s1. The molecule has 2 aromatic carbocycles. The zero-order chi connectivity index (χ0) is 28.6. The Hall–Kier alpha value is -4.57. The molecule has 1 amide bonds. The van der Waals surface area contributed by atoms with Gasteiger partial charge in [0.1, 0.15) is 16.9 Å². The number of carbonyl (C=O) groups excluding carboxylic acids is 3. The molecule has 204 valence electrons. The average molecular weight is 558 g/mol. The summed E-state index contributed by atoms with van der Waals surface area (Å²) >= 11 is 1.12. The van der Waals surface area contributed by atoms with E-state index in [4.69, 9.17) is 9.47 Å². The summed E-state index contributed by atoms with van der Waals surface area (Å²) in [5, 5.41) is 0. The molecule has 40 heavy (non-hydrogen) atoms. The van der Waals surface area contributed by atoms with Gasteiger partial charge in [-0.05, 0) is 37.1 Å². The van der Waals surface area contributed by atoms with Gasteiger partial charge in [-0.2, -0.15) is 0 Å². The third-order valence-electron chi connectivity index (χ3n) is 6.60. The fourth-order valence-corrected chi connectivity index (χ4v) is 6.13. The fraction of sp³-hybridized carbons (Fsp3) is 0.233. The number of allylic oxidation sites excluding steroid dienone is 1. The van der Waals surface area contributed by atoms with Crippen LogP contribution in [0.25, 0.3) is 5.57 Å². The smallest absolute Gasteiger partial charge is 0.338 e. The molecule has 0 fully saturated rings. The van der Waals surface area contributed by atoms with Crippen LogP contribution >= 0.6 is 11.3 Å². The van der Waals surface area contributed by atoms with Gasteiger partial charge in [0.25, 0.3) is 11.5 Å². The molecule has 2 aliphatic heterocycles. The summed E-state index contributed by atoms with van der Waals surface area (Å²) in [7, 11) is 0. The van der Waals surface area contributed by atoms with E-state index >= 15 is 0 Å². The minimum atomic E-state index is -0.882. The Labute approximate surface area is 234 Å². The number of fused-ring (bicyclic) bond motifs is 2. The van der Waals surface area contributed by atoms with E-state index in [2.05, 4.69) is 11.6 Å². The maximum absolute atomic E-state index is 14.2. The first kappa shape index (κ1) is 27.0. The quantitative estimate of drug-likeness (QED) is 0.251. The molecule has 10 heteroatoms. The molecular weight excluding hydrogens is 530 g/mol. The summed E-state index contributed by atoms with van der Waals surface area (Å²) < 4.78 is 12.2. The molecule has 2 aliphatic rings. The zero-order valence-corrected chi connectivity index (χ0v) is 23.1. The van der Waals surface area contributed by atoms with Crippen LogP contribution in [0.2, 0.25) is 0 Å². The molecule has 0 bridgehead atoms. The van der Waals surface area contributed by atoms with Gasteiger partial charge < -0.3 is 14.4 Å². The SMILES string of the molecule is C=CCOC(=O)C1=C(C)N=c2s/c(=C3\C(=O)N(CCC)c4ccccc43)c(=O)n2[C@H]1c1ccc(OC(C)=O)cc1. The van der Waals surface area contributed by atoms with E-state index in [-0.39, 0.29) is 22.6 Å². The Morgan fingerprint density at radius 1 is 1.12 bits per heavy atom. The third-order valence-corrected chi connectivity index (χ3v) is 7.66. The highest BCUT2D eigenvalue weighted by Crippen LogP contribution is 2.36. The second kappa shape index (κ2) is 10.9. The summed E-state index contributed by atoms with van der Waals surface area (Å²) in [6, 6.07) is 13.1. The van der Waals surface area contributed by atoms with E-state index in [1.54, 1.807) is 36.1 Å². The molecule has 0 saturated carbocycles. The van der Waals surface area contributed by atoms with Crippen LogP contribution in [-0.4, -0.2) is 35.6 Å². The number of hydrogen-bond donors (Lipinski definition) is 0. The van der Waals surface area contributed by atoms with Crippen molar-refractivity contribution in [3.63, 3.8) is 0 Å². The molecule has 1 aromatic heterocycles. The highest BCUT2D eigenvalue weighted by Gasteiger charge is 2.37. The van der Waals surface area contributed by atoms with E-state index in [0.717, 1.165) is 23.4 Å². The topological polar surface area (TPSA) is 107 Å².